The predicted octanol–water partition coefficient (Wildman–Crippen LogP) is -1.90. The highest BCUT2D eigenvalue weighted by Crippen LogP contribution is 1.99. The number of nitrogens with one attached hydrogen (secondary N) is 1. The van der Waals surface area contributed by atoms with Crippen molar-refractivity contribution in [3.05, 3.63) is 0 Å². The third-order valence-corrected chi connectivity index (χ3v) is 4.01. The fourth-order valence-corrected chi connectivity index (χ4v) is 2.58. The standard InChI is InChI=1S/C7H15N3O5S2/c8-4(6(11)12)1-2-17(15)10-16-3-5(9)7(13)14/h4-5,10H,1-3,8-9H2,(H,11,12)(H,13,14)/t4-,5-,17+/m0/s1. The summed E-state index contributed by atoms with van der Waals surface area (Å²) in [5, 5.41) is 16.9. The zero-order valence-corrected chi connectivity index (χ0v) is 10.5. The maximum absolute atomic E-state index is 11.3. The van der Waals surface area contributed by atoms with Crippen LogP contribution in [0.3, 0.4) is 0 Å². The Morgan fingerprint density at radius 2 is 1.76 bits per heavy atom. The summed E-state index contributed by atoms with van der Waals surface area (Å²) >= 11 is 0.914. The summed E-state index contributed by atoms with van der Waals surface area (Å²) in [5.74, 6) is -2.16. The van der Waals surface area contributed by atoms with Gasteiger partial charge in [0, 0.05) is 11.5 Å². The van der Waals surface area contributed by atoms with Gasteiger partial charge in [0.05, 0.1) is 0 Å². The van der Waals surface area contributed by atoms with Gasteiger partial charge in [-0.3, -0.25) is 9.59 Å². The molecule has 0 aliphatic heterocycles. The lowest BCUT2D eigenvalue weighted by Crippen LogP contribution is -2.34. The van der Waals surface area contributed by atoms with Gasteiger partial charge in [0.1, 0.15) is 23.1 Å². The lowest BCUT2D eigenvalue weighted by molar-refractivity contribution is -0.139. The van der Waals surface area contributed by atoms with E-state index in [1.165, 1.54) is 0 Å². The van der Waals surface area contributed by atoms with E-state index in [4.69, 9.17) is 21.7 Å². The molecule has 0 heterocycles. The molecule has 7 N–H and O–H groups in total. The smallest absolute Gasteiger partial charge is 0.321 e. The van der Waals surface area contributed by atoms with Crippen LogP contribution in [0.4, 0.5) is 0 Å². The molecule has 0 unspecified atom stereocenters. The zero-order valence-electron chi connectivity index (χ0n) is 8.87. The molecule has 100 valence electrons. The molecule has 3 atom stereocenters. The summed E-state index contributed by atoms with van der Waals surface area (Å²) in [6.07, 6.45) is 0.0699. The van der Waals surface area contributed by atoms with Crippen molar-refractivity contribution >= 4 is 34.9 Å². The molecule has 8 nitrogen and oxygen atoms in total. The fraction of sp³-hybridized carbons (Fsp3) is 0.714. The van der Waals surface area contributed by atoms with Gasteiger partial charge in [-0.1, -0.05) is 11.9 Å². The molecule has 0 rings (SSSR count). The molecule has 0 aliphatic rings. The number of carboxylic acids is 2. The Hall–Kier alpha value is -0.680. The number of aliphatic carboxylic acids is 2. The molecule has 17 heavy (non-hydrogen) atoms. The molecule has 0 aromatic rings. The summed E-state index contributed by atoms with van der Waals surface area (Å²) in [6.45, 7) is 0. The second-order valence-corrected chi connectivity index (χ2v) is 5.51. The lowest BCUT2D eigenvalue weighted by Gasteiger charge is -2.08. The summed E-state index contributed by atoms with van der Waals surface area (Å²) in [5.41, 5.74) is 10.4. The van der Waals surface area contributed by atoms with E-state index in [-0.39, 0.29) is 17.9 Å². The number of nitrogens with two attached hydrogens (primary N) is 2. The van der Waals surface area contributed by atoms with Crippen LogP contribution in [0, 0.1) is 0 Å². The van der Waals surface area contributed by atoms with Crippen LogP contribution in [0.5, 0.6) is 0 Å². The third kappa shape index (κ3) is 8.10. The molecule has 0 saturated carbocycles. The van der Waals surface area contributed by atoms with Gasteiger partial charge in [-0.15, -0.1) is 0 Å². The Kier molecular flexibility index (Phi) is 8.08. The normalized spacial score (nSPS) is 16.1. The number of rotatable bonds is 9. The average Bonchev–Trinajstić information content (AvgIpc) is 2.25. The first kappa shape index (κ1) is 16.3. The van der Waals surface area contributed by atoms with Crippen LogP contribution in [-0.2, 0) is 20.6 Å². The minimum Gasteiger partial charge on any atom is -0.480 e. The van der Waals surface area contributed by atoms with Gasteiger partial charge >= 0.3 is 11.9 Å². The van der Waals surface area contributed by atoms with Gasteiger partial charge in [0.2, 0.25) is 0 Å². The maximum Gasteiger partial charge on any atom is 0.321 e. The van der Waals surface area contributed by atoms with Gasteiger partial charge in [-0.2, -0.15) is 4.13 Å². The minimum absolute atomic E-state index is 0.0616. The molecule has 0 amide bonds. The molecule has 0 aliphatic carbocycles. The van der Waals surface area contributed by atoms with Crippen molar-refractivity contribution in [2.75, 3.05) is 11.5 Å². The molecule has 10 heteroatoms. The molecule has 0 aromatic heterocycles. The van der Waals surface area contributed by atoms with E-state index in [1.54, 1.807) is 0 Å². The number of carboxylic acid groups (broad SMARTS) is 2. The van der Waals surface area contributed by atoms with Gasteiger partial charge in [-0.25, -0.2) is 4.21 Å². The fourth-order valence-electron chi connectivity index (χ4n) is 0.660. The average molecular weight is 285 g/mol. The highest BCUT2D eigenvalue weighted by atomic mass is 32.2. The molecule has 0 aromatic carbocycles. The monoisotopic (exact) mass is 285 g/mol. The van der Waals surface area contributed by atoms with Crippen molar-refractivity contribution in [2.45, 2.75) is 18.5 Å². The van der Waals surface area contributed by atoms with Crippen LogP contribution < -0.4 is 15.6 Å². The first-order chi connectivity index (χ1) is 7.84. The van der Waals surface area contributed by atoms with E-state index in [0.717, 1.165) is 11.9 Å². The Morgan fingerprint density at radius 1 is 1.24 bits per heavy atom. The van der Waals surface area contributed by atoms with Crippen LogP contribution in [0.15, 0.2) is 0 Å². The van der Waals surface area contributed by atoms with Gasteiger partial charge in [-0.05, 0) is 6.42 Å². The van der Waals surface area contributed by atoms with Crippen LogP contribution in [0.2, 0.25) is 0 Å². The Morgan fingerprint density at radius 3 is 2.24 bits per heavy atom. The molecule has 0 bridgehead atoms. The SMILES string of the molecule is N[C@@H](CC[S@@](=O)NSC[C@H](N)C(=O)O)C(=O)O. The number of hydrogen-bond acceptors (Lipinski definition) is 6. The third-order valence-electron chi connectivity index (χ3n) is 1.66. The molecule has 0 saturated heterocycles. The van der Waals surface area contributed by atoms with Crippen LogP contribution in [0.25, 0.3) is 0 Å². The van der Waals surface area contributed by atoms with Crippen molar-refractivity contribution < 1.29 is 24.0 Å². The summed E-state index contributed by atoms with van der Waals surface area (Å²) in [4.78, 5) is 20.7. The molecule has 0 fully saturated rings. The number of carbonyl (C=O) groups is 2. The van der Waals surface area contributed by atoms with Gasteiger partial charge in [0.25, 0.3) is 0 Å². The maximum atomic E-state index is 11.3. The van der Waals surface area contributed by atoms with Crippen LogP contribution >= 0.6 is 11.9 Å². The van der Waals surface area contributed by atoms with E-state index >= 15 is 0 Å². The largest absolute Gasteiger partial charge is 0.480 e. The van der Waals surface area contributed by atoms with Crippen molar-refractivity contribution in [2.24, 2.45) is 11.5 Å². The lowest BCUT2D eigenvalue weighted by atomic mass is 10.2. The van der Waals surface area contributed by atoms with Crippen molar-refractivity contribution in [1.29, 1.82) is 0 Å². The van der Waals surface area contributed by atoms with E-state index in [2.05, 4.69) is 4.13 Å². The molecule has 0 radical (unpaired) electrons. The Labute approximate surface area is 105 Å². The van der Waals surface area contributed by atoms with E-state index in [1.807, 2.05) is 0 Å². The Bertz CT molecular complexity index is 301. The Balaban J connectivity index is 3.67. The van der Waals surface area contributed by atoms with Gasteiger partial charge in [0.15, 0.2) is 0 Å². The van der Waals surface area contributed by atoms with E-state index in [9.17, 15) is 13.8 Å². The highest BCUT2D eigenvalue weighted by molar-refractivity contribution is 8.07. The van der Waals surface area contributed by atoms with E-state index < -0.39 is 35.0 Å². The predicted molar refractivity (Wildman–Crippen MR) is 64.4 cm³/mol. The van der Waals surface area contributed by atoms with Crippen molar-refractivity contribution in [3.63, 3.8) is 0 Å². The zero-order chi connectivity index (χ0) is 13.4. The van der Waals surface area contributed by atoms with Crippen LogP contribution in [-0.4, -0.2) is 49.9 Å². The second-order valence-electron chi connectivity index (χ2n) is 3.12. The van der Waals surface area contributed by atoms with Crippen molar-refractivity contribution in [1.82, 2.24) is 4.13 Å². The summed E-state index contributed by atoms with van der Waals surface area (Å²) in [6, 6.07) is -2.09. The summed E-state index contributed by atoms with van der Waals surface area (Å²) in [7, 11) is -1.47. The van der Waals surface area contributed by atoms with Crippen LogP contribution in [0.1, 0.15) is 6.42 Å². The molecule has 0 spiro atoms. The van der Waals surface area contributed by atoms with E-state index in [0.29, 0.717) is 0 Å². The first-order valence-electron chi connectivity index (χ1n) is 4.57. The minimum atomic E-state index is -1.47. The van der Waals surface area contributed by atoms with Crippen molar-refractivity contribution in [3.8, 4) is 0 Å². The topological polar surface area (TPSA) is 156 Å². The number of hydrogen-bond donors (Lipinski definition) is 5. The highest BCUT2D eigenvalue weighted by Gasteiger charge is 2.14. The quantitative estimate of drug-likeness (QED) is 0.308. The molecular formula is C7H15N3O5S2. The second kappa shape index (κ2) is 8.42. The van der Waals surface area contributed by atoms with Gasteiger partial charge < -0.3 is 21.7 Å². The summed E-state index contributed by atoms with van der Waals surface area (Å²) < 4.78 is 13.7. The molecular weight excluding hydrogens is 270 g/mol. The first-order valence-corrected chi connectivity index (χ1v) is 6.87.